The third-order valence-corrected chi connectivity index (χ3v) is 5.74. The molecule has 0 spiro atoms. The maximum absolute atomic E-state index is 12.9. The predicted molar refractivity (Wildman–Crippen MR) is 131 cm³/mol. The van der Waals surface area contributed by atoms with Gasteiger partial charge in [0.15, 0.2) is 0 Å². The highest BCUT2D eigenvalue weighted by Gasteiger charge is 2.36. The molecule has 2 unspecified atom stereocenters. The number of nitrogens with zero attached hydrogens (tertiary/aromatic N) is 1. The smallest absolute Gasteiger partial charge is 0.368 e. The summed E-state index contributed by atoms with van der Waals surface area (Å²) in [6.45, 7) is 7.16. The van der Waals surface area contributed by atoms with Crippen molar-refractivity contribution in [1.82, 2.24) is 16.0 Å². The average Bonchev–Trinajstić information content (AvgIpc) is 2.81. The second-order valence-corrected chi connectivity index (χ2v) is 9.69. The van der Waals surface area contributed by atoms with E-state index >= 15 is 0 Å². The lowest BCUT2D eigenvalue weighted by Crippen LogP contribution is -2.61. The number of nitriles is 1. The van der Waals surface area contributed by atoms with Crippen LogP contribution in [0.5, 0.6) is 0 Å². The molecule has 0 aliphatic carbocycles. The van der Waals surface area contributed by atoms with Crippen molar-refractivity contribution in [2.75, 3.05) is 6.54 Å². The van der Waals surface area contributed by atoms with E-state index in [1.807, 2.05) is 27.7 Å². The van der Waals surface area contributed by atoms with E-state index in [9.17, 15) is 27.6 Å². The summed E-state index contributed by atoms with van der Waals surface area (Å²) in [5.41, 5.74) is 6.07. The molecule has 3 amide bonds. The molecule has 2 rings (SSSR count). The highest BCUT2D eigenvalue weighted by atomic mass is 19.4. The molecule has 0 heterocycles. The summed E-state index contributed by atoms with van der Waals surface area (Å²) in [6, 6.07) is 9.31. The molecule has 0 saturated carbocycles. The minimum atomic E-state index is -4.62. The Balaban J connectivity index is 2.10. The summed E-state index contributed by atoms with van der Waals surface area (Å²) in [5.74, 6) is -2.42. The molecule has 11 heteroatoms. The normalized spacial score (nSPS) is 13.2. The minimum Gasteiger partial charge on any atom is -0.368 e. The molecule has 0 radical (unpaired) electrons. The van der Waals surface area contributed by atoms with E-state index in [1.54, 1.807) is 18.2 Å². The molecule has 0 aromatic heterocycles. The van der Waals surface area contributed by atoms with Crippen molar-refractivity contribution in [3.8, 4) is 6.07 Å². The quantitative estimate of drug-likeness (QED) is 0.405. The second-order valence-electron chi connectivity index (χ2n) is 9.69. The Bertz CT molecular complexity index is 1200. The van der Waals surface area contributed by atoms with Crippen LogP contribution in [0.3, 0.4) is 0 Å². The van der Waals surface area contributed by atoms with Gasteiger partial charge in [-0.15, -0.1) is 0 Å². The number of hydrogen-bond acceptors (Lipinski definition) is 5. The SMILES string of the molecule is Cc1cc(C#N)ccc1CNC(C(NC(=O)CNC(=O)c1cccc(C(F)(F)F)c1)C(N)=O)C(C)(C)C. The van der Waals surface area contributed by atoms with Gasteiger partial charge in [-0.05, 0) is 53.8 Å². The van der Waals surface area contributed by atoms with Crippen molar-refractivity contribution in [2.24, 2.45) is 11.1 Å². The molecular weight excluding hydrogens is 487 g/mol. The standard InChI is InChI=1S/C26H30F3N5O3/c1-15-10-16(12-30)8-9-18(15)13-32-22(25(2,3)4)21(23(31)36)34-20(35)14-33-24(37)17-6-5-7-19(11-17)26(27,28)29/h5-11,21-22,32H,13-14H2,1-4H3,(H2,31,36)(H,33,37)(H,34,35). The summed E-state index contributed by atoms with van der Waals surface area (Å²) in [5, 5.41) is 17.1. The Labute approximate surface area is 213 Å². The topological polar surface area (TPSA) is 137 Å². The van der Waals surface area contributed by atoms with Gasteiger partial charge in [-0.3, -0.25) is 14.4 Å². The van der Waals surface area contributed by atoms with Crippen molar-refractivity contribution in [2.45, 2.75) is 52.5 Å². The summed E-state index contributed by atoms with van der Waals surface area (Å²) in [7, 11) is 0. The molecule has 2 aromatic rings. The number of carbonyl (C=O) groups excluding carboxylic acids is 3. The molecule has 5 N–H and O–H groups in total. The van der Waals surface area contributed by atoms with Crippen LogP contribution in [-0.2, 0) is 22.3 Å². The van der Waals surface area contributed by atoms with Crippen LogP contribution < -0.4 is 21.7 Å². The Kier molecular flexibility index (Phi) is 9.42. The maximum atomic E-state index is 12.9. The molecule has 2 atom stereocenters. The fourth-order valence-electron chi connectivity index (χ4n) is 3.75. The number of aryl methyl sites for hydroxylation is 1. The van der Waals surface area contributed by atoms with Gasteiger partial charge in [-0.1, -0.05) is 32.9 Å². The van der Waals surface area contributed by atoms with Crippen LogP contribution in [0.15, 0.2) is 42.5 Å². The fourth-order valence-corrected chi connectivity index (χ4v) is 3.75. The number of carbonyl (C=O) groups is 3. The molecule has 8 nitrogen and oxygen atoms in total. The zero-order valence-electron chi connectivity index (χ0n) is 21.0. The van der Waals surface area contributed by atoms with Gasteiger partial charge >= 0.3 is 6.18 Å². The molecule has 0 aliphatic heterocycles. The van der Waals surface area contributed by atoms with Gasteiger partial charge in [-0.25, -0.2) is 0 Å². The highest BCUT2D eigenvalue weighted by Crippen LogP contribution is 2.29. The number of hydrogen-bond donors (Lipinski definition) is 4. The number of amides is 3. The Morgan fingerprint density at radius 2 is 1.76 bits per heavy atom. The fraction of sp³-hybridized carbons (Fsp3) is 0.385. The Morgan fingerprint density at radius 3 is 2.30 bits per heavy atom. The summed E-state index contributed by atoms with van der Waals surface area (Å²) in [4.78, 5) is 37.2. The van der Waals surface area contributed by atoms with E-state index in [1.165, 1.54) is 6.07 Å². The van der Waals surface area contributed by atoms with Gasteiger partial charge in [0.2, 0.25) is 11.8 Å². The molecule has 198 valence electrons. The predicted octanol–water partition coefficient (Wildman–Crippen LogP) is 2.79. The van der Waals surface area contributed by atoms with Crippen molar-refractivity contribution in [1.29, 1.82) is 5.26 Å². The van der Waals surface area contributed by atoms with Crippen molar-refractivity contribution in [3.63, 3.8) is 0 Å². The van der Waals surface area contributed by atoms with Crippen molar-refractivity contribution < 1.29 is 27.6 Å². The third kappa shape index (κ3) is 8.32. The van der Waals surface area contributed by atoms with Crippen LogP contribution in [0, 0.1) is 23.7 Å². The molecule has 37 heavy (non-hydrogen) atoms. The van der Waals surface area contributed by atoms with Crippen molar-refractivity contribution in [3.05, 3.63) is 70.3 Å². The highest BCUT2D eigenvalue weighted by molar-refractivity contribution is 5.97. The molecule has 0 bridgehead atoms. The lowest BCUT2D eigenvalue weighted by Gasteiger charge is -2.37. The number of benzene rings is 2. The Morgan fingerprint density at radius 1 is 1.08 bits per heavy atom. The molecule has 0 saturated heterocycles. The van der Waals surface area contributed by atoms with Crippen molar-refractivity contribution >= 4 is 17.7 Å². The van der Waals surface area contributed by atoms with Gasteiger partial charge in [0.05, 0.1) is 23.7 Å². The van der Waals surface area contributed by atoms with Gasteiger partial charge in [-0.2, -0.15) is 18.4 Å². The van der Waals surface area contributed by atoms with Crippen LogP contribution >= 0.6 is 0 Å². The average molecular weight is 518 g/mol. The molecule has 0 aliphatic rings. The van der Waals surface area contributed by atoms with Gasteiger partial charge in [0.1, 0.15) is 6.04 Å². The molecule has 2 aromatic carbocycles. The number of nitrogens with one attached hydrogen (secondary N) is 3. The maximum Gasteiger partial charge on any atom is 0.416 e. The van der Waals surface area contributed by atoms with E-state index < -0.39 is 53.5 Å². The summed E-state index contributed by atoms with van der Waals surface area (Å²) in [6.07, 6.45) is -4.62. The largest absolute Gasteiger partial charge is 0.416 e. The number of halogens is 3. The lowest BCUT2D eigenvalue weighted by molar-refractivity contribution is -0.137. The first-order chi connectivity index (χ1) is 17.1. The first-order valence-corrected chi connectivity index (χ1v) is 11.4. The monoisotopic (exact) mass is 517 g/mol. The minimum absolute atomic E-state index is 0.263. The van der Waals surface area contributed by atoms with Gasteiger partial charge < -0.3 is 21.7 Å². The third-order valence-electron chi connectivity index (χ3n) is 5.74. The Hall–Kier alpha value is -3.91. The number of rotatable bonds is 9. The number of alkyl halides is 3. The summed E-state index contributed by atoms with van der Waals surface area (Å²) >= 11 is 0. The first kappa shape index (κ1) is 29.3. The van der Waals surface area contributed by atoms with E-state index in [0.717, 1.165) is 23.3 Å². The molecular formula is C26H30F3N5O3. The number of primary amides is 1. The zero-order valence-corrected chi connectivity index (χ0v) is 21.0. The van der Waals surface area contributed by atoms with Crippen LogP contribution in [-0.4, -0.2) is 36.3 Å². The van der Waals surface area contributed by atoms with Gasteiger partial charge in [0.25, 0.3) is 5.91 Å². The second kappa shape index (κ2) is 11.9. The van der Waals surface area contributed by atoms with E-state index in [2.05, 4.69) is 22.0 Å². The zero-order chi connectivity index (χ0) is 28.0. The first-order valence-electron chi connectivity index (χ1n) is 11.4. The summed E-state index contributed by atoms with van der Waals surface area (Å²) < 4.78 is 38.7. The van der Waals surface area contributed by atoms with Gasteiger partial charge in [0, 0.05) is 18.2 Å². The van der Waals surface area contributed by atoms with E-state index in [-0.39, 0.29) is 5.56 Å². The van der Waals surface area contributed by atoms with Crippen LogP contribution in [0.1, 0.15) is 53.4 Å². The lowest BCUT2D eigenvalue weighted by atomic mass is 9.81. The van der Waals surface area contributed by atoms with Crippen LogP contribution in [0.25, 0.3) is 0 Å². The van der Waals surface area contributed by atoms with Crippen LogP contribution in [0.2, 0.25) is 0 Å². The van der Waals surface area contributed by atoms with Crippen LogP contribution in [0.4, 0.5) is 13.2 Å². The number of nitrogens with two attached hydrogens (primary N) is 1. The van der Waals surface area contributed by atoms with E-state index in [4.69, 9.17) is 11.0 Å². The van der Waals surface area contributed by atoms with E-state index in [0.29, 0.717) is 18.2 Å². The molecule has 0 fully saturated rings.